The largest absolute Gasteiger partial charge is 0.416 e. The lowest BCUT2D eigenvalue weighted by Crippen LogP contribution is -2.48. The number of amides is 1. The number of morpholine rings is 1. The fourth-order valence-electron chi connectivity index (χ4n) is 4.86. The van der Waals surface area contributed by atoms with Crippen LogP contribution in [0.2, 0.25) is 0 Å². The number of aliphatic hydroxyl groups is 1. The molecule has 3 heterocycles. The maximum atomic E-state index is 15.7. The number of nitrogens with two attached hydrogens (primary N) is 1. The summed E-state index contributed by atoms with van der Waals surface area (Å²) >= 11 is 0. The standard InChI is InChI=1S/C24H30F4N6O3/c1-14-11-37-12-18(15-2-4-17(5-3-15)24(26,27)28)34(14)23-21(25)22(31-13-32-23)30-8-16-6-7-33(9-19(16)35)10-20(29)36/h2-5,13-14,16,18-19,35H,6-12H2,1H3,(H2,29,36)(H,30,31,32)/t14-,16+,18-,19-/m0/s1. The minimum absolute atomic E-state index is 0.00928. The molecule has 202 valence electrons. The number of halogens is 4. The smallest absolute Gasteiger partial charge is 0.391 e. The number of anilines is 2. The molecule has 4 rings (SSSR count). The number of carbonyl (C=O) groups is 1. The van der Waals surface area contributed by atoms with Gasteiger partial charge >= 0.3 is 6.18 Å². The molecule has 2 aromatic rings. The second-order valence-electron chi connectivity index (χ2n) is 9.49. The third-order valence-corrected chi connectivity index (χ3v) is 6.80. The van der Waals surface area contributed by atoms with Crippen molar-refractivity contribution in [2.24, 2.45) is 11.7 Å². The van der Waals surface area contributed by atoms with Crippen molar-refractivity contribution in [3.63, 3.8) is 0 Å². The number of rotatable bonds is 7. The van der Waals surface area contributed by atoms with Crippen LogP contribution in [0.15, 0.2) is 30.6 Å². The predicted molar refractivity (Wildman–Crippen MR) is 127 cm³/mol. The molecule has 2 aliphatic rings. The first-order valence-electron chi connectivity index (χ1n) is 12.0. The first kappa shape index (κ1) is 27.0. The monoisotopic (exact) mass is 526 g/mol. The molecule has 2 fully saturated rings. The molecule has 0 unspecified atom stereocenters. The summed E-state index contributed by atoms with van der Waals surface area (Å²) in [7, 11) is 0. The lowest BCUT2D eigenvalue weighted by atomic mass is 9.93. The van der Waals surface area contributed by atoms with Gasteiger partial charge in [0.2, 0.25) is 11.7 Å². The Hall–Kier alpha value is -3.03. The summed E-state index contributed by atoms with van der Waals surface area (Å²) in [5, 5.41) is 13.4. The average molecular weight is 527 g/mol. The first-order valence-corrected chi connectivity index (χ1v) is 12.0. The van der Waals surface area contributed by atoms with Crippen molar-refractivity contribution in [1.29, 1.82) is 0 Å². The van der Waals surface area contributed by atoms with Crippen LogP contribution < -0.4 is 16.0 Å². The number of alkyl halides is 3. The number of aromatic nitrogens is 2. The van der Waals surface area contributed by atoms with Crippen LogP contribution in [-0.4, -0.2) is 77.4 Å². The maximum absolute atomic E-state index is 15.7. The summed E-state index contributed by atoms with van der Waals surface area (Å²) in [5.41, 5.74) is 4.99. The third-order valence-electron chi connectivity index (χ3n) is 6.80. The minimum Gasteiger partial charge on any atom is -0.391 e. The van der Waals surface area contributed by atoms with Crippen molar-refractivity contribution in [3.8, 4) is 0 Å². The molecule has 37 heavy (non-hydrogen) atoms. The highest BCUT2D eigenvalue weighted by atomic mass is 19.4. The molecule has 0 spiro atoms. The molecule has 2 aliphatic heterocycles. The number of primary amides is 1. The van der Waals surface area contributed by atoms with E-state index in [2.05, 4.69) is 15.3 Å². The molecule has 0 aliphatic carbocycles. The maximum Gasteiger partial charge on any atom is 0.416 e. The topological polar surface area (TPSA) is 117 Å². The molecule has 0 radical (unpaired) electrons. The van der Waals surface area contributed by atoms with Crippen LogP contribution in [-0.2, 0) is 15.7 Å². The van der Waals surface area contributed by atoms with E-state index >= 15 is 4.39 Å². The van der Waals surface area contributed by atoms with E-state index in [-0.39, 0.29) is 49.8 Å². The molecule has 0 bridgehead atoms. The Morgan fingerprint density at radius 1 is 1.24 bits per heavy atom. The van der Waals surface area contributed by atoms with E-state index in [4.69, 9.17) is 10.5 Å². The Morgan fingerprint density at radius 3 is 2.62 bits per heavy atom. The van der Waals surface area contributed by atoms with Crippen LogP contribution in [0.1, 0.15) is 30.5 Å². The van der Waals surface area contributed by atoms with E-state index in [1.807, 2.05) is 6.92 Å². The summed E-state index contributed by atoms with van der Waals surface area (Å²) in [4.78, 5) is 22.8. The molecule has 0 saturated carbocycles. The zero-order valence-electron chi connectivity index (χ0n) is 20.3. The van der Waals surface area contributed by atoms with E-state index in [0.717, 1.165) is 12.1 Å². The van der Waals surface area contributed by atoms with Crippen molar-refractivity contribution in [2.45, 2.75) is 37.7 Å². The van der Waals surface area contributed by atoms with E-state index in [1.54, 1.807) is 9.80 Å². The second kappa shape index (κ2) is 11.2. The van der Waals surface area contributed by atoms with E-state index < -0.39 is 35.6 Å². The molecule has 13 heteroatoms. The van der Waals surface area contributed by atoms with Gasteiger partial charge in [0, 0.05) is 19.0 Å². The van der Waals surface area contributed by atoms with Crippen molar-refractivity contribution < 1.29 is 32.2 Å². The molecule has 9 nitrogen and oxygen atoms in total. The van der Waals surface area contributed by atoms with Crippen LogP contribution in [0.3, 0.4) is 0 Å². The number of benzene rings is 1. The quantitative estimate of drug-likeness (QED) is 0.470. The SMILES string of the molecule is C[C@H]1COC[C@@H](c2ccc(C(F)(F)F)cc2)N1c1ncnc(NC[C@H]2CCN(CC(N)=O)C[C@@H]2O)c1F. The van der Waals surface area contributed by atoms with E-state index in [9.17, 15) is 23.1 Å². The summed E-state index contributed by atoms with van der Waals surface area (Å²) in [5.74, 6) is -1.39. The molecule has 4 N–H and O–H groups in total. The zero-order valence-corrected chi connectivity index (χ0v) is 20.3. The van der Waals surface area contributed by atoms with Gasteiger partial charge in [-0.15, -0.1) is 0 Å². The van der Waals surface area contributed by atoms with Crippen LogP contribution in [0, 0.1) is 11.7 Å². The van der Waals surface area contributed by atoms with Gasteiger partial charge in [0.15, 0.2) is 11.6 Å². The van der Waals surface area contributed by atoms with Crippen molar-refractivity contribution in [1.82, 2.24) is 14.9 Å². The number of nitrogens with zero attached hydrogens (tertiary/aromatic N) is 4. The number of aliphatic hydroxyl groups excluding tert-OH is 1. The molecular formula is C24H30F4N6O3. The number of hydrogen-bond acceptors (Lipinski definition) is 8. The number of β-amino-alcohol motifs (C(OH)–C–C–N with tert-alkyl or cyclic N) is 1. The van der Waals surface area contributed by atoms with E-state index in [0.29, 0.717) is 25.1 Å². The molecule has 4 atom stereocenters. The molecule has 2 saturated heterocycles. The van der Waals surface area contributed by atoms with Crippen LogP contribution in [0.4, 0.5) is 29.2 Å². The normalized spacial score (nSPS) is 25.2. The number of piperidine rings is 1. The fraction of sp³-hybridized carbons (Fsp3) is 0.542. The van der Waals surface area contributed by atoms with Gasteiger partial charge in [0.25, 0.3) is 0 Å². The Kier molecular flexibility index (Phi) is 8.14. The summed E-state index contributed by atoms with van der Waals surface area (Å²) in [6.07, 6.45) is -3.39. The summed E-state index contributed by atoms with van der Waals surface area (Å²) in [6, 6.07) is 3.86. The van der Waals surface area contributed by atoms with Gasteiger partial charge in [0.1, 0.15) is 6.33 Å². The number of nitrogens with one attached hydrogen (secondary N) is 1. The highest BCUT2D eigenvalue weighted by Crippen LogP contribution is 2.36. The number of likely N-dealkylation sites (tertiary alicyclic amines) is 1. The van der Waals surface area contributed by atoms with Crippen molar-refractivity contribution >= 4 is 17.5 Å². The fourth-order valence-corrected chi connectivity index (χ4v) is 4.86. The number of hydrogen-bond donors (Lipinski definition) is 3. The average Bonchev–Trinajstić information content (AvgIpc) is 2.84. The van der Waals surface area contributed by atoms with Gasteiger partial charge in [-0.2, -0.15) is 17.6 Å². The third kappa shape index (κ3) is 6.28. The highest BCUT2D eigenvalue weighted by Gasteiger charge is 2.35. The van der Waals surface area contributed by atoms with Gasteiger partial charge in [-0.05, 0) is 37.6 Å². The molecule has 1 aromatic heterocycles. The molecular weight excluding hydrogens is 496 g/mol. The number of ether oxygens (including phenoxy) is 1. The Balaban J connectivity index is 1.50. The Morgan fingerprint density at radius 2 is 1.97 bits per heavy atom. The lowest BCUT2D eigenvalue weighted by Gasteiger charge is -2.41. The van der Waals surface area contributed by atoms with Crippen LogP contribution in [0.5, 0.6) is 0 Å². The highest BCUT2D eigenvalue weighted by molar-refractivity contribution is 5.75. The minimum atomic E-state index is -4.46. The van der Waals surface area contributed by atoms with Crippen molar-refractivity contribution in [3.05, 3.63) is 47.5 Å². The van der Waals surface area contributed by atoms with Gasteiger partial charge in [-0.1, -0.05) is 12.1 Å². The van der Waals surface area contributed by atoms with Crippen LogP contribution >= 0.6 is 0 Å². The molecule has 1 aromatic carbocycles. The zero-order chi connectivity index (χ0) is 26.7. The van der Waals surface area contributed by atoms with Crippen LogP contribution in [0.25, 0.3) is 0 Å². The predicted octanol–water partition coefficient (Wildman–Crippen LogP) is 2.18. The molecule has 1 amide bonds. The van der Waals surface area contributed by atoms with Gasteiger partial charge < -0.3 is 25.8 Å². The van der Waals surface area contributed by atoms with Gasteiger partial charge in [-0.3, -0.25) is 9.69 Å². The van der Waals surface area contributed by atoms with E-state index in [1.165, 1.54) is 18.5 Å². The first-order chi connectivity index (χ1) is 17.5. The lowest BCUT2D eigenvalue weighted by molar-refractivity contribution is -0.137. The van der Waals surface area contributed by atoms with Gasteiger partial charge in [-0.25, -0.2) is 9.97 Å². The number of carbonyl (C=O) groups excluding carboxylic acids is 1. The Labute approximate surface area is 211 Å². The Bertz CT molecular complexity index is 1090. The van der Waals surface area contributed by atoms with Gasteiger partial charge in [0.05, 0.1) is 43.5 Å². The second-order valence-corrected chi connectivity index (χ2v) is 9.49. The summed E-state index contributed by atoms with van der Waals surface area (Å²) in [6.45, 7) is 3.44. The van der Waals surface area contributed by atoms with Crippen molar-refractivity contribution in [2.75, 3.05) is 49.6 Å². The summed E-state index contributed by atoms with van der Waals surface area (Å²) < 4.78 is 60.3.